The predicted octanol–water partition coefficient (Wildman–Crippen LogP) is 3.15. The molecule has 0 saturated heterocycles. The summed E-state index contributed by atoms with van der Waals surface area (Å²) in [6, 6.07) is 4.27. The van der Waals surface area contributed by atoms with Crippen LogP contribution >= 0.6 is 11.3 Å². The zero-order valence-electron chi connectivity index (χ0n) is 13.9. The third-order valence-corrected chi connectivity index (χ3v) is 4.83. The number of carbonyl (C=O) groups is 1. The van der Waals surface area contributed by atoms with E-state index < -0.39 is 28.8 Å². The van der Waals surface area contributed by atoms with Crippen molar-refractivity contribution in [3.8, 4) is 10.6 Å². The van der Waals surface area contributed by atoms with Crippen LogP contribution in [0.25, 0.3) is 10.6 Å². The molecular weight excluding hydrogens is 381 g/mol. The zero-order valence-corrected chi connectivity index (χ0v) is 14.7. The van der Waals surface area contributed by atoms with Gasteiger partial charge in [-0.15, -0.1) is 11.3 Å². The molecule has 27 heavy (non-hydrogen) atoms. The van der Waals surface area contributed by atoms with Crippen LogP contribution in [0.1, 0.15) is 26.5 Å². The Bertz CT molecular complexity index is 1030. The summed E-state index contributed by atoms with van der Waals surface area (Å²) in [4.78, 5) is 34.7. The third-order valence-electron chi connectivity index (χ3n) is 3.66. The first-order valence-corrected chi connectivity index (χ1v) is 8.53. The van der Waals surface area contributed by atoms with Crippen molar-refractivity contribution in [3.05, 3.63) is 68.8 Å². The molecule has 0 radical (unpaired) electrons. The highest BCUT2D eigenvalue weighted by Crippen LogP contribution is 2.36. The number of H-pyrrole nitrogens is 1. The van der Waals surface area contributed by atoms with Crippen LogP contribution in [0.4, 0.5) is 13.2 Å². The van der Waals surface area contributed by atoms with E-state index >= 15 is 0 Å². The lowest BCUT2D eigenvalue weighted by Gasteiger charge is -2.09. The fraction of sp³-hybridized carbons (Fsp3) is 0.176. The summed E-state index contributed by atoms with van der Waals surface area (Å²) in [5.74, 6) is -0.485. The van der Waals surface area contributed by atoms with E-state index in [2.05, 4.69) is 20.3 Å². The summed E-state index contributed by atoms with van der Waals surface area (Å²) in [6.45, 7) is 1.71. The van der Waals surface area contributed by atoms with Gasteiger partial charge in [0.2, 0.25) is 0 Å². The standard InChI is InChI=1S/C17H13F3N4O2S/c1-9-13(15(26)23-8-10-3-2-5-21-7-10)27-16(24-9)12-11(17(18,19)20)4-6-22-14(12)25/h2-7H,8H2,1H3,(H,22,25)(H,23,26). The normalized spacial score (nSPS) is 11.4. The summed E-state index contributed by atoms with van der Waals surface area (Å²) in [5.41, 5.74) is -1.59. The molecule has 3 heterocycles. The van der Waals surface area contributed by atoms with E-state index in [-0.39, 0.29) is 22.1 Å². The molecule has 0 unspecified atom stereocenters. The lowest BCUT2D eigenvalue weighted by atomic mass is 10.1. The van der Waals surface area contributed by atoms with Crippen molar-refractivity contribution in [1.29, 1.82) is 0 Å². The van der Waals surface area contributed by atoms with Crippen molar-refractivity contribution in [2.45, 2.75) is 19.6 Å². The van der Waals surface area contributed by atoms with Gasteiger partial charge in [-0.2, -0.15) is 13.2 Å². The second-order valence-corrected chi connectivity index (χ2v) is 6.57. The second kappa shape index (κ2) is 7.31. The number of halogens is 3. The molecule has 0 spiro atoms. The first-order valence-electron chi connectivity index (χ1n) is 7.71. The van der Waals surface area contributed by atoms with Crippen molar-refractivity contribution in [2.75, 3.05) is 0 Å². The van der Waals surface area contributed by atoms with Crippen molar-refractivity contribution < 1.29 is 18.0 Å². The molecule has 3 rings (SSSR count). The Hall–Kier alpha value is -3.01. The van der Waals surface area contributed by atoms with E-state index in [9.17, 15) is 22.8 Å². The zero-order chi connectivity index (χ0) is 19.6. The number of thiazole rings is 1. The Balaban J connectivity index is 1.92. The van der Waals surface area contributed by atoms with Crippen molar-refractivity contribution in [3.63, 3.8) is 0 Å². The molecule has 3 aromatic heterocycles. The molecule has 0 fully saturated rings. The molecule has 0 aliphatic heterocycles. The maximum Gasteiger partial charge on any atom is 0.417 e. The quantitative estimate of drug-likeness (QED) is 0.712. The number of hydrogen-bond acceptors (Lipinski definition) is 5. The molecular formula is C17H13F3N4O2S. The average Bonchev–Trinajstić information content (AvgIpc) is 3.01. The van der Waals surface area contributed by atoms with Crippen LogP contribution in [-0.2, 0) is 12.7 Å². The molecule has 0 aliphatic carbocycles. The number of aromatic nitrogens is 3. The highest BCUT2D eigenvalue weighted by Gasteiger charge is 2.36. The topological polar surface area (TPSA) is 87.7 Å². The minimum Gasteiger partial charge on any atom is -0.347 e. The summed E-state index contributed by atoms with van der Waals surface area (Å²) in [5, 5.41) is 2.50. The van der Waals surface area contributed by atoms with Crippen LogP contribution in [-0.4, -0.2) is 20.9 Å². The summed E-state index contributed by atoms with van der Waals surface area (Å²) in [6.07, 6.45) is -0.604. The van der Waals surface area contributed by atoms with Crippen LogP contribution in [0.5, 0.6) is 0 Å². The van der Waals surface area contributed by atoms with E-state index in [1.807, 2.05) is 0 Å². The number of pyridine rings is 2. The molecule has 10 heteroatoms. The number of aromatic amines is 1. The molecule has 6 nitrogen and oxygen atoms in total. The first-order chi connectivity index (χ1) is 12.8. The molecule has 0 aliphatic rings. The number of alkyl halides is 3. The lowest BCUT2D eigenvalue weighted by Crippen LogP contribution is -2.22. The number of carbonyl (C=O) groups excluding carboxylic acids is 1. The van der Waals surface area contributed by atoms with Gasteiger partial charge < -0.3 is 10.3 Å². The van der Waals surface area contributed by atoms with Gasteiger partial charge in [0.15, 0.2) is 0 Å². The second-order valence-electron chi connectivity index (χ2n) is 5.57. The van der Waals surface area contributed by atoms with Crippen LogP contribution in [0, 0.1) is 6.92 Å². The number of aryl methyl sites for hydroxylation is 1. The fourth-order valence-corrected chi connectivity index (χ4v) is 3.45. The van der Waals surface area contributed by atoms with Gasteiger partial charge in [0.05, 0.1) is 16.8 Å². The summed E-state index contributed by atoms with van der Waals surface area (Å²) < 4.78 is 39.7. The smallest absolute Gasteiger partial charge is 0.347 e. The number of rotatable bonds is 4. The van der Waals surface area contributed by atoms with Gasteiger partial charge >= 0.3 is 6.18 Å². The Morgan fingerprint density at radius 1 is 1.33 bits per heavy atom. The average molecular weight is 394 g/mol. The minimum atomic E-state index is -4.72. The summed E-state index contributed by atoms with van der Waals surface area (Å²) >= 11 is 0.742. The molecule has 3 aromatic rings. The van der Waals surface area contributed by atoms with E-state index in [1.165, 1.54) is 6.92 Å². The Kier molecular flexibility index (Phi) is 5.08. The van der Waals surface area contributed by atoms with Gasteiger partial charge in [-0.3, -0.25) is 14.6 Å². The van der Waals surface area contributed by atoms with Crippen LogP contribution in [0.15, 0.2) is 41.6 Å². The third kappa shape index (κ3) is 4.05. The van der Waals surface area contributed by atoms with Gasteiger partial charge in [-0.05, 0) is 24.6 Å². The van der Waals surface area contributed by atoms with Crippen LogP contribution < -0.4 is 10.9 Å². The van der Waals surface area contributed by atoms with E-state index in [0.717, 1.165) is 29.2 Å². The highest BCUT2D eigenvalue weighted by molar-refractivity contribution is 7.17. The van der Waals surface area contributed by atoms with Gasteiger partial charge in [0, 0.05) is 25.1 Å². The number of nitrogens with zero attached hydrogens (tertiary/aromatic N) is 2. The largest absolute Gasteiger partial charge is 0.417 e. The van der Waals surface area contributed by atoms with Gasteiger partial charge in [0.25, 0.3) is 11.5 Å². The molecule has 1 amide bonds. The molecule has 0 atom stereocenters. The molecule has 0 aromatic carbocycles. The van der Waals surface area contributed by atoms with Crippen LogP contribution in [0.3, 0.4) is 0 Å². The van der Waals surface area contributed by atoms with E-state index in [0.29, 0.717) is 0 Å². The van der Waals surface area contributed by atoms with E-state index in [4.69, 9.17) is 0 Å². The van der Waals surface area contributed by atoms with Crippen molar-refractivity contribution in [1.82, 2.24) is 20.3 Å². The maximum atomic E-state index is 13.2. The van der Waals surface area contributed by atoms with Crippen LogP contribution in [0.2, 0.25) is 0 Å². The molecule has 2 N–H and O–H groups in total. The Morgan fingerprint density at radius 2 is 2.11 bits per heavy atom. The SMILES string of the molecule is Cc1nc(-c2c(C(F)(F)F)cc[nH]c2=O)sc1C(=O)NCc1cccnc1. The predicted molar refractivity (Wildman–Crippen MR) is 93.3 cm³/mol. The van der Waals surface area contributed by atoms with Gasteiger partial charge in [0.1, 0.15) is 9.88 Å². The van der Waals surface area contributed by atoms with Crippen molar-refractivity contribution in [2.24, 2.45) is 0 Å². The first kappa shape index (κ1) is 18.8. The number of nitrogens with one attached hydrogen (secondary N) is 2. The van der Waals surface area contributed by atoms with Crippen molar-refractivity contribution >= 4 is 17.2 Å². The molecule has 0 saturated carbocycles. The van der Waals surface area contributed by atoms with E-state index in [1.54, 1.807) is 24.5 Å². The number of hydrogen-bond donors (Lipinski definition) is 2. The molecule has 140 valence electrons. The fourth-order valence-electron chi connectivity index (χ4n) is 2.41. The highest BCUT2D eigenvalue weighted by atomic mass is 32.1. The monoisotopic (exact) mass is 394 g/mol. The number of amides is 1. The Morgan fingerprint density at radius 3 is 2.78 bits per heavy atom. The maximum absolute atomic E-state index is 13.2. The molecule has 0 bridgehead atoms. The minimum absolute atomic E-state index is 0.144. The lowest BCUT2D eigenvalue weighted by molar-refractivity contribution is -0.137. The van der Waals surface area contributed by atoms with Gasteiger partial charge in [-0.1, -0.05) is 6.07 Å². The summed E-state index contributed by atoms with van der Waals surface area (Å²) in [7, 11) is 0. The Labute approximate surface area is 155 Å². The van der Waals surface area contributed by atoms with Gasteiger partial charge in [-0.25, -0.2) is 4.98 Å².